The Morgan fingerprint density at radius 3 is 1.36 bits per heavy atom. The third-order valence-corrected chi connectivity index (χ3v) is 10.7. The maximum absolute atomic E-state index is 4.95. The molecule has 3 heterocycles. The van der Waals surface area contributed by atoms with Crippen molar-refractivity contribution < 1.29 is 0 Å². The van der Waals surface area contributed by atoms with Crippen molar-refractivity contribution in [3.05, 3.63) is 193 Å². The number of aryl methyl sites for hydroxylation is 4. The van der Waals surface area contributed by atoms with Gasteiger partial charge in [-0.2, -0.15) is 0 Å². The number of hydrogen-bond acceptors (Lipinski definition) is 4. The Morgan fingerprint density at radius 2 is 0.873 bits per heavy atom. The van der Waals surface area contributed by atoms with Crippen molar-refractivity contribution in [1.82, 2.24) is 15.0 Å². The standard InChI is InChI=1S/C51H40N4/c1-33-23-24-52-36(4)51(33)55(45-17-9-15-43(27-45)49-29-47(34(2)31-53-49)41-21-19-37-11-5-7-13-39(37)25-41)46-18-10-16-44(28-46)50-30-48(35(3)32-54-50)42-22-20-38-12-6-8-14-40(38)26-42/h5-32H,1-4H3. The predicted molar refractivity (Wildman–Crippen MR) is 230 cm³/mol. The molecule has 55 heavy (non-hydrogen) atoms. The van der Waals surface area contributed by atoms with E-state index in [2.05, 4.69) is 184 Å². The van der Waals surface area contributed by atoms with E-state index in [9.17, 15) is 0 Å². The fraction of sp³-hybridized carbons (Fsp3) is 0.0784. The summed E-state index contributed by atoms with van der Waals surface area (Å²) in [5, 5.41) is 4.93. The lowest BCUT2D eigenvalue weighted by Gasteiger charge is -2.29. The molecule has 3 aromatic heterocycles. The van der Waals surface area contributed by atoms with Crippen molar-refractivity contribution in [2.45, 2.75) is 27.7 Å². The summed E-state index contributed by atoms with van der Waals surface area (Å²) in [5.41, 5.74) is 16.1. The molecule has 0 saturated heterocycles. The summed E-state index contributed by atoms with van der Waals surface area (Å²) in [5.74, 6) is 0. The Hall–Kier alpha value is -6.91. The average molecular weight is 709 g/mol. The van der Waals surface area contributed by atoms with Gasteiger partial charge in [0.25, 0.3) is 0 Å². The van der Waals surface area contributed by atoms with E-state index in [0.717, 1.165) is 62.0 Å². The minimum atomic E-state index is 0.925. The van der Waals surface area contributed by atoms with E-state index in [1.165, 1.54) is 43.8 Å². The maximum Gasteiger partial charge on any atom is 0.0709 e. The van der Waals surface area contributed by atoms with Crippen LogP contribution in [-0.2, 0) is 0 Å². The fourth-order valence-electron chi connectivity index (χ4n) is 7.74. The van der Waals surface area contributed by atoms with Gasteiger partial charge >= 0.3 is 0 Å². The molecule has 0 N–H and O–H groups in total. The molecule has 0 spiro atoms. The number of pyridine rings is 3. The topological polar surface area (TPSA) is 41.9 Å². The highest BCUT2D eigenvalue weighted by Crippen LogP contribution is 2.41. The second kappa shape index (κ2) is 14.1. The molecule has 0 aliphatic heterocycles. The van der Waals surface area contributed by atoms with Crippen LogP contribution in [0.15, 0.2) is 170 Å². The number of anilines is 3. The molecule has 0 atom stereocenters. The highest BCUT2D eigenvalue weighted by molar-refractivity contribution is 5.90. The van der Waals surface area contributed by atoms with Gasteiger partial charge in [-0.1, -0.05) is 97.1 Å². The van der Waals surface area contributed by atoms with Gasteiger partial charge in [-0.15, -0.1) is 0 Å². The van der Waals surface area contributed by atoms with Crippen LogP contribution in [0.3, 0.4) is 0 Å². The molecule has 0 aliphatic carbocycles. The Morgan fingerprint density at radius 1 is 0.382 bits per heavy atom. The minimum Gasteiger partial charge on any atom is -0.308 e. The summed E-state index contributed by atoms with van der Waals surface area (Å²) in [7, 11) is 0. The van der Waals surface area contributed by atoms with E-state index in [4.69, 9.17) is 15.0 Å². The lowest BCUT2D eigenvalue weighted by molar-refractivity contribution is 1.12. The number of fused-ring (bicyclic) bond motifs is 2. The van der Waals surface area contributed by atoms with Gasteiger partial charge in [-0.25, -0.2) is 0 Å². The molecule has 0 unspecified atom stereocenters. The molecule has 4 heteroatoms. The quantitative estimate of drug-likeness (QED) is 0.165. The van der Waals surface area contributed by atoms with Crippen LogP contribution in [0.5, 0.6) is 0 Å². The summed E-state index contributed by atoms with van der Waals surface area (Å²) in [6, 6.07) is 54.3. The molecular formula is C51H40N4. The SMILES string of the molecule is Cc1cnc(-c2cccc(N(c3cccc(-c4cc(-c5ccc6ccccc6c5)c(C)cn4)c3)c3c(C)ccnc3C)c2)cc1-c1ccc2ccccc2c1. The third kappa shape index (κ3) is 6.53. The molecule has 264 valence electrons. The molecular weight excluding hydrogens is 669 g/mol. The Balaban J connectivity index is 1.13. The van der Waals surface area contributed by atoms with Gasteiger partial charge in [0.2, 0.25) is 0 Å². The van der Waals surface area contributed by atoms with Crippen LogP contribution in [0.25, 0.3) is 66.3 Å². The van der Waals surface area contributed by atoms with Crippen LogP contribution in [0.1, 0.15) is 22.4 Å². The minimum absolute atomic E-state index is 0.925. The molecule has 0 bridgehead atoms. The van der Waals surface area contributed by atoms with E-state index < -0.39 is 0 Å². The monoisotopic (exact) mass is 708 g/mol. The van der Waals surface area contributed by atoms with Crippen molar-refractivity contribution in [2.75, 3.05) is 4.90 Å². The molecule has 0 radical (unpaired) electrons. The zero-order chi connectivity index (χ0) is 37.5. The summed E-state index contributed by atoms with van der Waals surface area (Å²) >= 11 is 0. The van der Waals surface area contributed by atoms with Crippen molar-refractivity contribution in [2.24, 2.45) is 0 Å². The lowest BCUT2D eigenvalue weighted by Crippen LogP contribution is -2.14. The van der Waals surface area contributed by atoms with Crippen LogP contribution >= 0.6 is 0 Å². The van der Waals surface area contributed by atoms with Gasteiger partial charge in [0, 0.05) is 41.1 Å². The van der Waals surface area contributed by atoms with E-state index in [1.807, 2.05) is 18.6 Å². The molecule has 0 aliphatic rings. The van der Waals surface area contributed by atoms with Gasteiger partial charge < -0.3 is 4.90 Å². The van der Waals surface area contributed by atoms with Gasteiger partial charge in [-0.3, -0.25) is 15.0 Å². The van der Waals surface area contributed by atoms with Gasteiger partial charge in [0.1, 0.15) is 0 Å². The first-order valence-corrected chi connectivity index (χ1v) is 18.7. The van der Waals surface area contributed by atoms with Crippen molar-refractivity contribution in [3.63, 3.8) is 0 Å². The first-order valence-electron chi connectivity index (χ1n) is 18.7. The van der Waals surface area contributed by atoms with E-state index in [1.54, 1.807) is 0 Å². The Labute approximate surface area is 322 Å². The number of hydrogen-bond donors (Lipinski definition) is 0. The van der Waals surface area contributed by atoms with Crippen LogP contribution < -0.4 is 4.90 Å². The number of nitrogens with zero attached hydrogens (tertiary/aromatic N) is 4. The highest BCUT2D eigenvalue weighted by Gasteiger charge is 2.20. The third-order valence-electron chi connectivity index (χ3n) is 10.7. The second-order valence-corrected chi connectivity index (χ2v) is 14.4. The molecule has 0 saturated carbocycles. The predicted octanol–water partition coefficient (Wildman–Crippen LogP) is 13.5. The van der Waals surface area contributed by atoms with Gasteiger partial charge in [0.15, 0.2) is 0 Å². The molecule has 6 aromatic carbocycles. The molecule has 0 amide bonds. The first-order chi connectivity index (χ1) is 26.9. The normalized spacial score (nSPS) is 11.3. The maximum atomic E-state index is 4.95. The van der Waals surface area contributed by atoms with E-state index >= 15 is 0 Å². The van der Waals surface area contributed by atoms with Crippen LogP contribution in [0.4, 0.5) is 17.1 Å². The van der Waals surface area contributed by atoms with E-state index in [-0.39, 0.29) is 0 Å². The first kappa shape index (κ1) is 33.9. The van der Waals surface area contributed by atoms with Crippen molar-refractivity contribution in [3.8, 4) is 44.8 Å². The van der Waals surface area contributed by atoms with Gasteiger partial charge in [0.05, 0.1) is 22.8 Å². The summed E-state index contributed by atoms with van der Waals surface area (Å²) in [4.78, 5) is 17.0. The van der Waals surface area contributed by atoms with Crippen LogP contribution in [0.2, 0.25) is 0 Å². The average Bonchev–Trinajstić information content (AvgIpc) is 3.22. The van der Waals surface area contributed by atoms with Crippen LogP contribution in [0, 0.1) is 27.7 Å². The zero-order valence-corrected chi connectivity index (χ0v) is 31.5. The number of aromatic nitrogens is 3. The summed E-state index contributed by atoms with van der Waals surface area (Å²) in [6.07, 6.45) is 5.86. The lowest BCUT2D eigenvalue weighted by atomic mass is 9.96. The highest BCUT2D eigenvalue weighted by atomic mass is 15.2. The summed E-state index contributed by atoms with van der Waals surface area (Å²) in [6.45, 7) is 8.50. The second-order valence-electron chi connectivity index (χ2n) is 14.4. The smallest absolute Gasteiger partial charge is 0.0709 e. The van der Waals surface area contributed by atoms with Crippen molar-refractivity contribution in [1.29, 1.82) is 0 Å². The number of rotatable bonds is 7. The Bertz CT molecular complexity index is 2700. The van der Waals surface area contributed by atoms with E-state index in [0.29, 0.717) is 0 Å². The molecule has 9 aromatic rings. The number of benzene rings is 6. The van der Waals surface area contributed by atoms with Crippen LogP contribution in [-0.4, -0.2) is 15.0 Å². The van der Waals surface area contributed by atoms with Crippen molar-refractivity contribution >= 4 is 38.6 Å². The largest absolute Gasteiger partial charge is 0.308 e. The molecule has 9 rings (SSSR count). The Kier molecular flexibility index (Phi) is 8.72. The molecule has 0 fully saturated rings. The van der Waals surface area contributed by atoms with Gasteiger partial charge in [-0.05, 0) is 143 Å². The molecule has 4 nitrogen and oxygen atoms in total. The summed E-state index contributed by atoms with van der Waals surface area (Å²) < 4.78 is 0. The fourth-order valence-corrected chi connectivity index (χ4v) is 7.74. The zero-order valence-electron chi connectivity index (χ0n) is 31.5.